The fraction of sp³-hybridized carbons (Fsp3) is 0.545. The number of amides is 1. The summed E-state index contributed by atoms with van der Waals surface area (Å²) in [5.41, 5.74) is -0.700. The van der Waals surface area contributed by atoms with E-state index in [0.717, 1.165) is 5.01 Å². The Bertz CT molecular complexity index is 422. The molecule has 7 nitrogen and oxygen atoms in total. The number of carbonyl (C=O) groups excluding carboxylic acids is 1. The van der Waals surface area contributed by atoms with E-state index < -0.39 is 23.7 Å². The predicted molar refractivity (Wildman–Crippen MR) is 63.8 cm³/mol. The molecule has 18 heavy (non-hydrogen) atoms. The quantitative estimate of drug-likeness (QED) is 0.878. The molecule has 1 aromatic heterocycles. The summed E-state index contributed by atoms with van der Waals surface area (Å²) in [4.78, 5) is 26.8. The summed E-state index contributed by atoms with van der Waals surface area (Å²) in [6.45, 7) is 6.53. The Kier molecular flexibility index (Phi) is 3.95. The predicted octanol–water partition coefficient (Wildman–Crippen LogP) is 1.23. The van der Waals surface area contributed by atoms with Crippen LogP contribution in [0.25, 0.3) is 0 Å². The Hall–Kier alpha value is -2.05. The molecule has 1 atom stereocenters. The summed E-state index contributed by atoms with van der Waals surface area (Å²) >= 11 is 0. The van der Waals surface area contributed by atoms with Crippen LogP contribution in [0.5, 0.6) is 0 Å². The third kappa shape index (κ3) is 3.47. The number of ether oxygens (including phenoxy) is 1. The first-order valence-corrected chi connectivity index (χ1v) is 5.45. The maximum Gasteiger partial charge on any atom is 0.430 e. The molecule has 0 bridgehead atoms. The Morgan fingerprint density at radius 2 is 2.06 bits per heavy atom. The number of rotatable bonds is 3. The molecule has 1 amide bonds. The number of hydrogen-bond acceptors (Lipinski definition) is 4. The lowest BCUT2D eigenvalue weighted by Crippen LogP contribution is -2.51. The lowest BCUT2D eigenvalue weighted by molar-refractivity contribution is -0.138. The van der Waals surface area contributed by atoms with Gasteiger partial charge in [-0.2, -0.15) is 5.01 Å². The molecule has 0 radical (unpaired) electrons. The van der Waals surface area contributed by atoms with Crippen molar-refractivity contribution in [1.82, 2.24) is 9.66 Å². The Labute approximate surface area is 105 Å². The van der Waals surface area contributed by atoms with Crippen LogP contribution in [-0.4, -0.2) is 38.5 Å². The van der Waals surface area contributed by atoms with Gasteiger partial charge < -0.3 is 9.84 Å². The molecule has 0 aliphatic heterocycles. The van der Waals surface area contributed by atoms with Gasteiger partial charge in [-0.15, -0.1) is 0 Å². The van der Waals surface area contributed by atoms with Gasteiger partial charge in [0.15, 0.2) is 6.04 Å². The molecule has 0 aromatic carbocycles. The Morgan fingerprint density at radius 3 is 2.44 bits per heavy atom. The minimum absolute atomic E-state index is 0.700. The first kappa shape index (κ1) is 14.0. The molecular formula is C11H17N3O4. The molecule has 0 aliphatic rings. The number of aromatic nitrogens is 2. The van der Waals surface area contributed by atoms with Crippen molar-refractivity contribution < 1.29 is 19.4 Å². The van der Waals surface area contributed by atoms with E-state index in [-0.39, 0.29) is 0 Å². The standard InChI is InChI=1S/C11H17N3O4/c1-8(9(15)16)14(13-6-5-12-7-13)10(17)18-11(2,3)4/h5-8H,1-4H3,(H,15,16)/t8-/m0/s1. The highest BCUT2D eigenvalue weighted by Crippen LogP contribution is 2.11. The average molecular weight is 255 g/mol. The zero-order valence-corrected chi connectivity index (χ0v) is 10.8. The zero-order valence-electron chi connectivity index (χ0n) is 10.8. The monoisotopic (exact) mass is 255 g/mol. The van der Waals surface area contributed by atoms with Gasteiger partial charge in [0.05, 0.1) is 0 Å². The van der Waals surface area contributed by atoms with Gasteiger partial charge in [0, 0.05) is 12.4 Å². The van der Waals surface area contributed by atoms with Crippen molar-refractivity contribution in [1.29, 1.82) is 0 Å². The number of carboxylic acids is 1. The highest BCUT2D eigenvalue weighted by atomic mass is 16.6. The third-order valence-electron chi connectivity index (χ3n) is 2.04. The molecule has 100 valence electrons. The summed E-state index contributed by atoms with van der Waals surface area (Å²) in [6.07, 6.45) is 3.52. The number of nitrogens with zero attached hydrogens (tertiary/aromatic N) is 3. The third-order valence-corrected chi connectivity index (χ3v) is 2.04. The van der Waals surface area contributed by atoms with Crippen molar-refractivity contribution in [3.8, 4) is 0 Å². The number of carbonyl (C=O) groups is 2. The lowest BCUT2D eigenvalue weighted by atomic mass is 10.2. The molecule has 0 saturated heterocycles. The van der Waals surface area contributed by atoms with Crippen molar-refractivity contribution in [2.75, 3.05) is 5.01 Å². The SMILES string of the molecule is C[C@@H](C(=O)O)N(C(=O)OC(C)(C)C)n1ccnc1. The minimum atomic E-state index is -1.13. The molecule has 0 fully saturated rings. The number of aliphatic carboxylic acids is 1. The molecule has 0 saturated carbocycles. The summed E-state index contributed by atoms with van der Waals surface area (Å²) in [5.74, 6) is -1.13. The maximum absolute atomic E-state index is 12.0. The van der Waals surface area contributed by atoms with Crippen molar-refractivity contribution in [3.63, 3.8) is 0 Å². The first-order chi connectivity index (χ1) is 8.22. The second-order valence-corrected chi connectivity index (χ2v) is 4.78. The van der Waals surface area contributed by atoms with Gasteiger partial charge in [0.25, 0.3) is 0 Å². The highest BCUT2D eigenvalue weighted by Gasteiger charge is 2.31. The number of carboxylic acid groups (broad SMARTS) is 1. The van der Waals surface area contributed by atoms with Crippen molar-refractivity contribution in [3.05, 3.63) is 18.7 Å². The molecule has 1 N–H and O–H groups in total. The molecule has 7 heteroatoms. The fourth-order valence-corrected chi connectivity index (χ4v) is 1.25. The minimum Gasteiger partial charge on any atom is -0.480 e. The molecule has 1 heterocycles. The van der Waals surface area contributed by atoms with E-state index in [2.05, 4.69) is 4.98 Å². The van der Waals surface area contributed by atoms with E-state index >= 15 is 0 Å². The average Bonchev–Trinajstić information content (AvgIpc) is 2.67. The van der Waals surface area contributed by atoms with E-state index in [1.165, 1.54) is 30.3 Å². The topological polar surface area (TPSA) is 84.7 Å². The van der Waals surface area contributed by atoms with Crippen LogP contribution in [0.15, 0.2) is 18.7 Å². The van der Waals surface area contributed by atoms with Crippen LogP contribution in [0.2, 0.25) is 0 Å². The van der Waals surface area contributed by atoms with Crippen LogP contribution in [-0.2, 0) is 9.53 Å². The maximum atomic E-state index is 12.0. The summed E-state index contributed by atoms with van der Waals surface area (Å²) in [6, 6.07) is -1.06. The van der Waals surface area contributed by atoms with E-state index in [4.69, 9.17) is 9.84 Å². The Morgan fingerprint density at radius 1 is 1.44 bits per heavy atom. The molecule has 1 rings (SSSR count). The second-order valence-electron chi connectivity index (χ2n) is 4.78. The second kappa shape index (κ2) is 5.07. The van der Waals surface area contributed by atoms with Crippen LogP contribution in [0.3, 0.4) is 0 Å². The lowest BCUT2D eigenvalue weighted by Gasteiger charge is -2.29. The molecule has 1 aromatic rings. The van der Waals surface area contributed by atoms with Gasteiger partial charge in [0.2, 0.25) is 0 Å². The normalized spacial score (nSPS) is 12.9. The van der Waals surface area contributed by atoms with Crippen LogP contribution in [0.1, 0.15) is 27.7 Å². The van der Waals surface area contributed by atoms with Crippen LogP contribution in [0.4, 0.5) is 4.79 Å². The van der Waals surface area contributed by atoms with Crippen molar-refractivity contribution >= 4 is 12.1 Å². The molecular weight excluding hydrogens is 238 g/mol. The zero-order chi connectivity index (χ0) is 13.9. The molecule has 0 aliphatic carbocycles. The van der Waals surface area contributed by atoms with Gasteiger partial charge in [0.1, 0.15) is 11.9 Å². The van der Waals surface area contributed by atoms with Crippen LogP contribution in [0, 0.1) is 0 Å². The number of hydrogen-bond donors (Lipinski definition) is 1. The first-order valence-electron chi connectivity index (χ1n) is 5.45. The van der Waals surface area contributed by atoms with E-state index in [9.17, 15) is 9.59 Å². The van der Waals surface area contributed by atoms with Gasteiger partial charge >= 0.3 is 12.1 Å². The summed E-state index contributed by atoms with van der Waals surface area (Å²) in [7, 11) is 0. The summed E-state index contributed by atoms with van der Waals surface area (Å²) < 4.78 is 6.45. The highest BCUT2D eigenvalue weighted by molar-refractivity contribution is 5.88. The van der Waals surface area contributed by atoms with Gasteiger partial charge in [-0.3, -0.25) is 0 Å². The molecule has 0 unspecified atom stereocenters. The van der Waals surface area contributed by atoms with Crippen molar-refractivity contribution in [2.45, 2.75) is 39.3 Å². The fourth-order valence-electron chi connectivity index (χ4n) is 1.25. The van der Waals surface area contributed by atoms with Gasteiger partial charge in [-0.1, -0.05) is 0 Å². The van der Waals surface area contributed by atoms with Crippen LogP contribution >= 0.6 is 0 Å². The largest absolute Gasteiger partial charge is 0.480 e. The smallest absolute Gasteiger partial charge is 0.430 e. The van der Waals surface area contributed by atoms with E-state index in [1.54, 1.807) is 20.8 Å². The Balaban J connectivity index is 2.99. The van der Waals surface area contributed by atoms with Gasteiger partial charge in [-0.05, 0) is 27.7 Å². The van der Waals surface area contributed by atoms with Crippen LogP contribution < -0.4 is 5.01 Å². The molecule has 0 spiro atoms. The van der Waals surface area contributed by atoms with E-state index in [1.807, 2.05) is 0 Å². The van der Waals surface area contributed by atoms with Gasteiger partial charge in [-0.25, -0.2) is 19.2 Å². The summed E-state index contributed by atoms with van der Waals surface area (Å²) in [5, 5.41) is 10.0. The van der Waals surface area contributed by atoms with Crippen molar-refractivity contribution in [2.24, 2.45) is 0 Å². The van der Waals surface area contributed by atoms with E-state index in [0.29, 0.717) is 0 Å². The number of imidazole rings is 1.